The van der Waals surface area contributed by atoms with Crippen LogP contribution in [0.5, 0.6) is 0 Å². The van der Waals surface area contributed by atoms with Gasteiger partial charge in [-0.3, -0.25) is 0 Å². The van der Waals surface area contributed by atoms with Crippen LogP contribution in [0.2, 0.25) is 0 Å². The molecule has 0 aromatic carbocycles. The Morgan fingerprint density at radius 3 is 2.84 bits per heavy atom. The van der Waals surface area contributed by atoms with Gasteiger partial charge in [0.2, 0.25) is 0 Å². The van der Waals surface area contributed by atoms with Gasteiger partial charge in [0, 0.05) is 5.25 Å². The van der Waals surface area contributed by atoms with E-state index in [0.717, 1.165) is 18.8 Å². The Labute approximate surface area is 161 Å². The van der Waals surface area contributed by atoms with Crippen molar-refractivity contribution < 1.29 is 4.74 Å². The van der Waals surface area contributed by atoms with Crippen molar-refractivity contribution in [3.05, 3.63) is 36.1 Å². The largest absolute Gasteiger partial charge is 0.498 e. The molecule has 0 bridgehead atoms. The summed E-state index contributed by atoms with van der Waals surface area (Å²) in [5.41, 5.74) is 1.38. The van der Waals surface area contributed by atoms with Crippen LogP contribution in [0, 0.1) is 23.7 Å². The predicted molar refractivity (Wildman–Crippen MR) is 113 cm³/mol. The minimum atomic E-state index is 0.302. The summed E-state index contributed by atoms with van der Waals surface area (Å²) in [4.78, 5) is 0. The van der Waals surface area contributed by atoms with Crippen LogP contribution in [0.25, 0.3) is 0 Å². The molecule has 0 saturated carbocycles. The molecule has 0 N–H and O–H groups in total. The maximum Gasteiger partial charge on any atom is 0.0950 e. The Morgan fingerprint density at radius 1 is 1.32 bits per heavy atom. The minimum Gasteiger partial charge on any atom is -0.498 e. The Bertz CT molecular complexity index is 478. The number of rotatable bonds is 8. The molecule has 1 nitrogen and oxygen atoms in total. The van der Waals surface area contributed by atoms with Gasteiger partial charge < -0.3 is 4.74 Å². The number of thiol groups is 1. The molecule has 0 saturated heterocycles. The van der Waals surface area contributed by atoms with E-state index in [0.29, 0.717) is 29.1 Å². The molecule has 6 atom stereocenters. The lowest BCUT2D eigenvalue weighted by Gasteiger charge is -2.27. The third kappa shape index (κ3) is 6.89. The fraction of sp³-hybridized carbons (Fsp3) is 0.739. The average molecular weight is 363 g/mol. The van der Waals surface area contributed by atoms with Crippen molar-refractivity contribution in [2.24, 2.45) is 23.7 Å². The monoisotopic (exact) mass is 362 g/mol. The van der Waals surface area contributed by atoms with Gasteiger partial charge in [-0.15, -0.1) is 0 Å². The van der Waals surface area contributed by atoms with Crippen molar-refractivity contribution in [2.75, 3.05) is 0 Å². The molecule has 2 aliphatic carbocycles. The van der Waals surface area contributed by atoms with Gasteiger partial charge in [0.25, 0.3) is 0 Å². The summed E-state index contributed by atoms with van der Waals surface area (Å²) in [6.07, 6.45) is 20.4. The molecule has 2 rings (SSSR count). The summed E-state index contributed by atoms with van der Waals surface area (Å²) in [6.45, 7) is 9.06. The van der Waals surface area contributed by atoms with Gasteiger partial charge in [0.15, 0.2) is 0 Å². The summed E-state index contributed by atoms with van der Waals surface area (Å²) >= 11 is 4.61. The van der Waals surface area contributed by atoms with Gasteiger partial charge in [0.1, 0.15) is 0 Å². The van der Waals surface area contributed by atoms with Crippen LogP contribution in [0.15, 0.2) is 36.1 Å². The smallest absolute Gasteiger partial charge is 0.0950 e. The summed E-state index contributed by atoms with van der Waals surface area (Å²) < 4.78 is 6.03. The summed E-state index contributed by atoms with van der Waals surface area (Å²) in [5.74, 6) is 2.94. The number of ether oxygens (including phenoxy) is 1. The topological polar surface area (TPSA) is 9.23 Å². The van der Waals surface area contributed by atoms with Crippen molar-refractivity contribution >= 4 is 12.6 Å². The summed E-state index contributed by atoms with van der Waals surface area (Å²) in [7, 11) is 0. The van der Waals surface area contributed by atoms with Crippen LogP contribution in [-0.4, -0.2) is 11.4 Å². The number of hydrogen-bond acceptors (Lipinski definition) is 2. The normalized spacial score (nSPS) is 34.1. The Morgan fingerprint density at radius 2 is 2.12 bits per heavy atom. The van der Waals surface area contributed by atoms with E-state index in [-0.39, 0.29) is 0 Å². The van der Waals surface area contributed by atoms with E-state index in [4.69, 9.17) is 4.74 Å². The fourth-order valence-corrected chi connectivity index (χ4v) is 4.45. The number of hydrogen-bond donors (Lipinski definition) is 1. The van der Waals surface area contributed by atoms with Crippen molar-refractivity contribution in [1.82, 2.24) is 0 Å². The maximum atomic E-state index is 6.03. The molecule has 142 valence electrons. The van der Waals surface area contributed by atoms with Gasteiger partial charge in [-0.25, -0.2) is 0 Å². The molecule has 0 aromatic heterocycles. The lowest BCUT2D eigenvalue weighted by Crippen LogP contribution is -2.19. The van der Waals surface area contributed by atoms with Crippen molar-refractivity contribution in [2.45, 2.75) is 84.0 Å². The standard InChI is InChI=1S/C23H38OS/c1-5-21-8-6-7-9-22(21)14-17(2)16-24-19(4)10-11-20-12-13-23(25)18(3)15-20/h7,9,12-13,16,18-23,25H,5-6,8,10-11,14-15H2,1-4H3/b17-16+/t18?,19?,20?,21?,22?,23-/m0/s1. The lowest BCUT2D eigenvalue weighted by molar-refractivity contribution is 0.141. The Balaban J connectivity index is 1.72. The molecule has 0 amide bonds. The quantitative estimate of drug-likeness (QED) is 0.279. The Kier molecular flexibility index (Phi) is 8.69. The van der Waals surface area contributed by atoms with Crippen LogP contribution >= 0.6 is 12.6 Å². The van der Waals surface area contributed by atoms with Crippen molar-refractivity contribution in [3.8, 4) is 0 Å². The first-order valence-corrected chi connectivity index (χ1v) is 10.8. The van der Waals surface area contributed by atoms with E-state index in [1.807, 2.05) is 6.26 Å². The minimum absolute atomic E-state index is 0.302. The third-order valence-corrected chi connectivity index (χ3v) is 6.74. The zero-order valence-electron chi connectivity index (χ0n) is 16.7. The van der Waals surface area contributed by atoms with E-state index in [9.17, 15) is 0 Å². The maximum absolute atomic E-state index is 6.03. The highest BCUT2D eigenvalue weighted by molar-refractivity contribution is 7.81. The molecular weight excluding hydrogens is 324 g/mol. The van der Waals surface area contributed by atoms with Crippen LogP contribution in [0.1, 0.15) is 72.6 Å². The second-order valence-electron chi connectivity index (χ2n) is 8.38. The zero-order chi connectivity index (χ0) is 18.2. The van der Waals surface area contributed by atoms with Gasteiger partial charge in [-0.2, -0.15) is 12.6 Å². The van der Waals surface area contributed by atoms with E-state index in [1.165, 1.54) is 37.7 Å². The van der Waals surface area contributed by atoms with E-state index < -0.39 is 0 Å². The predicted octanol–water partition coefficient (Wildman–Crippen LogP) is 6.97. The molecule has 0 radical (unpaired) electrons. The number of allylic oxidation sites excluding steroid dienone is 4. The van der Waals surface area contributed by atoms with Gasteiger partial charge in [-0.1, -0.05) is 44.6 Å². The molecule has 2 heteroatoms. The van der Waals surface area contributed by atoms with Gasteiger partial charge >= 0.3 is 0 Å². The van der Waals surface area contributed by atoms with Gasteiger partial charge in [-0.05, 0) is 81.6 Å². The van der Waals surface area contributed by atoms with E-state index >= 15 is 0 Å². The van der Waals surface area contributed by atoms with Crippen LogP contribution in [-0.2, 0) is 4.74 Å². The molecule has 0 heterocycles. The van der Waals surface area contributed by atoms with Crippen LogP contribution in [0.4, 0.5) is 0 Å². The molecule has 2 aliphatic rings. The first kappa shape index (κ1) is 20.7. The Hall–Kier alpha value is -0.630. The van der Waals surface area contributed by atoms with E-state index in [1.54, 1.807) is 0 Å². The van der Waals surface area contributed by atoms with E-state index in [2.05, 4.69) is 64.6 Å². The van der Waals surface area contributed by atoms with Crippen molar-refractivity contribution in [1.29, 1.82) is 0 Å². The molecule has 5 unspecified atom stereocenters. The zero-order valence-corrected chi connectivity index (χ0v) is 17.6. The molecule has 0 fully saturated rings. The third-order valence-electron chi connectivity index (χ3n) is 6.06. The van der Waals surface area contributed by atoms with Crippen molar-refractivity contribution in [3.63, 3.8) is 0 Å². The fourth-order valence-electron chi connectivity index (χ4n) is 4.23. The van der Waals surface area contributed by atoms with Crippen LogP contribution < -0.4 is 0 Å². The second-order valence-corrected chi connectivity index (χ2v) is 8.97. The molecule has 0 spiro atoms. The van der Waals surface area contributed by atoms with Gasteiger partial charge in [0.05, 0.1) is 12.4 Å². The SMILES string of the molecule is CCC1CCC=CC1C/C(C)=C/OC(C)CCC1C=C[C@H](S)C(C)C1. The first-order chi connectivity index (χ1) is 12.0. The molecule has 25 heavy (non-hydrogen) atoms. The summed E-state index contributed by atoms with van der Waals surface area (Å²) in [6, 6.07) is 0. The summed E-state index contributed by atoms with van der Waals surface area (Å²) in [5, 5.41) is 0.441. The molecule has 0 aliphatic heterocycles. The first-order valence-electron chi connectivity index (χ1n) is 10.3. The highest BCUT2D eigenvalue weighted by Gasteiger charge is 2.21. The average Bonchev–Trinajstić information content (AvgIpc) is 2.61. The molecule has 0 aromatic rings. The molecular formula is C23H38OS. The van der Waals surface area contributed by atoms with Crippen LogP contribution in [0.3, 0.4) is 0 Å². The second kappa shape index (κ2) is 10.5. The highest BCUT2D eigenvalue weighted by atomic mass is 32.1. The lowest BCUT2D eigenvalue weighted by atomic mass is 9.79. The highest BCUT2D eigenvalue weighted by Crippen LogP contribution is 2.32.